The highest BCUT2D eigenvalue weighted by atomic mass is 14.7. The molecule has 1 heterocycles. The molecule has 0 aromatic carbocycles. The van der Waals surface area contributed by atoms with Crippen molar-refractivity contribution in [1.29, 1.82) is 0 Å². The standard InChI is InChI=1S/C6H9N.CH4/c1-5-3-4-7-6(5)2;/h3-4,7H,1-2H3;1H4. The van der Waals surface area contributed by atoms with E-state index < -0.39 is 0 Å². The number of nitrogens with one attached hydrogen (secondary N) is 1. The van der Waals surface area contributed by atoms with Gasteiger partial charge < -0.3 is 4.98 Å². The van der Waals surface area contributed by atoms with Gasteiger partial charge in [-0.1, -0.05) is 7.43 Å². The zero-order chi connectivity index (χ0) is 5.28. The summed E-state index contributed by atoms with van der Waals surface area (Å²) in [5.41, 5.74) is 2.60. The van der Waals surface area contributed by atoms with Crippen LogP contribution in [0.1, 0.15) is 18.7 Å². The SMILES string of the molecule is C.Cc1cc[nH]c1C. The first-order valence-electron chi connectivity index (χ1n) is 2.41. The van der Waals surface area contributed by atoms with E-state index in [1.165, 1.54) is 11.3 Å². The van der Waals surface area contributed by atoms with Gasteiger partial charge >= 0.3 is 0 Å². The molecule has 0 saturated carbocycles. The molecule has 0 saturated heterocycles. The summed E-state index contributed by atoms with van der Waals surface area (Å²) in [6.07, 6.45) is 1.95. The highest BCUT2D eigenvalue weighted by Gasteiger charge is 1.85. The molecular formula is C7H13N. The summed E-state index contributed by atoms with van der Waals surface area (Å²) in [6, 6.07) is 2.06. The smallest absolute Gasteiger partial charge is 0.0145 e. The molecule has 1 N–H and O–H groups in total. The van der Waals surface area contributed by atoms with Gasteiger partial charge in [0, 0.05) is 11.9 Å². The van der Waals surface area contributed by atoms with Gasteiger partial charge in [-0.25, -0.2) is 0 Å². The van der Waals surface area contributed by atoms with E-state index in [9.17, 15) is 0 Å². The molecule has 1 nitrogen and oxygen atoms in total. The Morgan fingerprint density at radius 1 is 1.38 bits per heavy atom. The molecule has 0 unspecified atom stereocenters. The largest absolute Gasteiger partial charge is 0.365 e. The van der Waals surface area contributed by atoms with Crippen LogP contribution in [0.5, 0.6) is 0 Å². The van der Waals surface area contributed by atoms with Gasteiger partial charge in [-0.15, -0.1) is 0 Å². The molecule has 46 valence electrons. The first kappa shape index (κ1) is 7.28. The molecule has 0 amide bonds. The number of rotatable bonds is 0. The first-order chi connectivity index (χ1) is 3.30. The minimum atomic E-state index is 0. The van der Waals surface area contributed by atoms with E-state index in [0.29, 0.717) is 0 Å². The maximum absolute atomic E-state index is 3.07. The zero-order valence-corrected chi connectivity index (χ0v) is 4.65. The molecule has 0 spiro atoms. The quantitative estimate of drug-likeness (QED) is 0.528. The van der Waals surface area contributed by atoms with Gasteiger partial charge in [-0.05, 0) is 25.5 Å². The molecule has 0 aliphatic carbocycles. The summed E-state index contributed by atoms with van der Waals surface area (Å²) in [5.74, 6) is 0. The Bertz CT molecular complexity index is 137. The molecule has 0 bridgehead atoms. The minimum Gasteiger partial charge on any atom is -0.365 e. The lowest BCUT2D eigenvalue weighted by atomic mass is 10.3. The van der Waals surface area contributed by atoms with Crippen molar-refractivity contribution >= 4 is 0 Å². The first-order valence-corrected chi connectivity index (χ1v) is 2.41. The van der Waals surface area contributed by atoms with E-state index >= 15 is 0 Å². The molecule has 0 atom stereocenters. The number of aryl methyl sites for hydroxylation is 2. The molecule has 0 aliphatic heterocycles. The van der Waals surface area contributed by atoms with E-state index in [1.807, 2.05) is 6.20 Å². The van der Waals surface area contributed by atoms with Gasteiger partial charge in [0.15, 0.2) is 0 Å². The normalized spacial score (nSPS) is 8.25. The molecule has 0 aliphatic rings. The third-order valence-corrected chi connectivity index (χ3v) is 1.22. The van der Waals surface area contributed by atoms with Crippen molar-refractivity contribution in [2.75, 3.05) is 0 Å². The number of aromatic amines is 1. The fraction of sp³-hybridized carbons (Fsp3) is 0.429. The summed E-state index contributed by atoms with van der Waals surface area (Å²) in [6.45, 7) is 4.15. The number of hydrogen-bond acceptors (Lipinski definition) is 0. The molecule has 0 fully saturated rings. The zero-order valence-electron chi connectivity index (χ0n) is 4.65. The van der Waals surface area contributed by atoms with Crippen molar-refractivity contribution < 1.29 is 0 Å². The van der Waals surface area contributed by atoms with Crippen LogP contribution in [0.2, 0.25) is 0 Å². The van der Waals surface area contributed by atoms with Crippen molar-refractivity contribution in [2.45, 2.75) is 21.3 Å². The maximum atomic E-state index is 3.07. The molecule has 1 aromatic rings. The van der Waals surface area contributed by atoms with Crippen molar-refractivity contribution in [3.8, 4) is 0 Å². The van der Waals surface area contributed by atoms with E-state index in [4.69, 9.17) is 0 Å². The van der Waals surface area contributed by atoms with Crippen LogP contribution in [-0.4, -0.2) is 4.98 Å². The fourth-order valence-corrected chi connectivity index (χ4v) is 0.531. The Hall–Kier alpha value is -0.720. The third kappa shape index (κ3) is 1.12. The lowest BCUT2D eigenvalue weighted by Gasteiger charge is -1.81. The van der Waals surface area contributed by atoms with Crippen LogP contribution in [0.4, 0.5) is 0 Å². The Morgan fingerprint density at radius 2 is 2.00 bits per heavy atom. The van der Waals surface area contributed by atoms with E-state index in [1.54, 1.807) is 0 Å². The van der Waals surface area contributed by atoms with E-state index in [0.717, 1.165) is 0 Å². The summed E-state index contributed by atoms with van der Waals surface area (Å²) in [5, 5.41) is 0. The van der Waals surface area contributed by atoms with Crippen LogP contribution >= 0.6 is 0 Å². The number of H-pyrrole nitrogens is 1. The van der Waals surface area contributed by atoms with Gasteiger partial charge in [0.1, 0.15) is 0 Å². The Labute approximate surface area is 50.7 Å². The predicted octanol–water partition coefficient (Wildman–Crippen LogP) is 2.27. The van der Waals surface area contributed by atoms with Crippen LogP contribution in [0, 0.1) is 13.8 Å². The average Bonchev–Trinajstić information content (AvgIpc) is 1.91. The second-order valence-electron chi connectivity index (χ2n) is 1.79. The van der Waals surface area contributed by atoms with Crippen LogP contribution in [0.15, 0.2) is 12.3 Å². The Balaban J connectivity index is 0.000000490. The Kier molecular flexibility index (Phi) is 2.32. The highest BCUT2D eigenvalue weighted by Crippen LogP contribution is 1.99. The van der Waals surface area contributed by atoms with Crippen LogP contribution in [0.3, 0.4) is 0 Å². The maximum Gasteiger partial charge on any atom is 0.0145 e. The van der Waals surface area contributed by atoms with Crippen LogP contribution in [0.25, 0.3) is 0 Å². The van der Waals surface area contributed by atoms with Crippen molar-refractivity contribution in [3.63, 3.8) is 0 Å². The summed E-state index contributed by atoms with van der Waals surface area (Å²) >= 11 is 0. The Morgan fingerprint density at radius 3 is 2.12 bits per heavy atom. The summed E-state index contributed by atoms with van der Waals surface area (Å²) in [7, 11) is 0. The molecule has 1 rings (SSSR count). The lowest BCUT2D eigenvalue weighted by molar-refractivity contribution is 1.23. The molecule has 8 heavy (non-hydrogen) atoms. The van der Waals surface area contributed by atoms with E-state index in [2.05, 4.69) is 24.9 Å². The molecule has 0 radical (unpaired) electrons. The molecule has 1 heteroatoms. The summed E-state index contributed by atoms with van der Waals surface area (Å²) < 4.78 is 0. The second-order valence-corrected chi connectivity index (χ2v) is 1.79. The average molecular weight is 111 g/mol. The van der Waals surface area contributed by atoms with Gasteiger partial charge in [0.2, 0.25) is 0 Å². The van der Waals surface area contributed by atoms with E-state index in [-0.39, 0.29) is 7.43 Å². The monoisotopic (exact) mass is 111 g/mol. The van der Waals surface area contributed by atoms with Crippen molar-refractivity contribution in [3.05, 3.63) is 23.5 Å². The van der Waals surface area contributed by atoms with Gasteiger partial charge in [0.05, 0.1) is 0 Å². The number of aromatic nitrogens is 1. The predicted molar refractivity (Wildman–Crippen MR) is 37.0 cm³/mol. The summed E-state index contributed by atoms with van der Waals surface area (Å²) in [4.78, 5) is 3.07. The van der Waals surface area contributed by atoms with Gasteiger partial charge in [-0.2, -0.15) is 0 Å². The van der Waals surface area contributed by atoms with Crippen LogP contribution < -0.4 is 0 Å². The molecule has 1 aromatic heterocycles. The fourth-order valence-electron chi connectivity index (χ4n) is 0.531. The van der Waals surface area contributed by atoms with Gasteiger partial charge in [-0.3, -0.25) is 0 Å². The second kappa shape index (κ2) is 2.55. The topological polar surface area (TPSA) is 15.8 Å². The third-order valence-electron chi connectivity index (χ3n) is 1.22. The van der Waals surface area contributed by atoms with Crippen LogP contribution in [-0.2, 0) is 0 Å². The highest BCUT2D eigenvalue weighted by molar-refractivity contribution is 5.15. The van der Waals surface area contributed by atoms with Crippen molar-refractivity contribution in [1.82, 2.24) is 4.98 Å². The number of hydrogen-bond donors (Lipinski definition) is 1. The van der Waals surface area contributed by atoms with Crippen molar-refractivity contribution in [2.24, 2.45) is 0 Å². The minimum absolute atomic E-state index is 0. The lowest BCUT2D eigenvalue weighted by Crippen LogP contribution is -1.69. The molecular weight excluding hydrogens is 98.1 g/mol. The van der Waals surface area contributed by atoms with Gasteiger partial charge in [0.25, 0.3) is 0 Å².